The monoisotopic (exact) mass is 897 g/mol. The molecule has 0 unspecified atom stereocenters. The predicted octanol–water partition coefficient (Wildman–Crippen LogP) is 7.07. The summed E-state index contributed by atoms with van der Waals surface area (Å²) in [5, 5.41) is 6.09. The first kappa shape index (κ1) is 49.6. The summed E-state index contributed by atoms with van der Waals surface area (Å²) in [6.45, 7) is 8.13. The van der Waals surface area contributed by atoms with Gasteiger partial charge < -0.3 is 23.8 Å². The van der Waals surface area contributed by atoms with Gasteiger partial charge in [0.2, 0.25) is 17.3 Å². The highest BCUT2D eigenvalue weighted by Gasteiger charge is 2.51. The molecule has 1 fully saturated rings. The highest BCUT2D eigenvalue weighted by Crippen LogP contribution is 2.36. The van der Waals surface area contributed by atoms with Gasteiger partial charge in [0.25, 0.3) is 0 Å². The van der Waals surface area contributed by atoms with E-state index >= 15 is 0 Å². The van der Waals surface area contributed by atoms with Crippen molar-refractivity contribution in [2.75, 3.05) is 14.2 Å². The van der Waals surface area contributed by atoms with Crippen LogP contribution in [0.5, 0.6) is 11.8 Å². The second-order valence-corrected chi connectivity index (χ2v) is 15.6. The molecule has 0 atom stereocenters. The Morgan fingerprint density at radius 2 is 1.12 bits per heavy atom. The molecule has 1 aliphatic heterocycles. The van der Waals surface area contributed by atoms with Gasteiger partial charge in [-0.25, -0.2) is 9.97 Å². The third-order valence-corrected chi connectivity index (χ3v) is 10.6. The van der Waals surface area contributed by atoms with Crippen molar-refractivity contribution in [3.63, 3.8) is 0 Å². The molecule has 6 aromatic rings. The molecule has 0 bridgehead atoms. The van der Waals surface area contributed by atoms with Gasteiger partial charge >= 0.3 is 25.6 Å². The van der Waals surface area contributed by atoms with E-state index in [9.17, 15) is 4.79 Å². The number of ether oxygens (including phenoxy) is 2. The first-order valence-electron chi connectivity index (χ1n) is 16.0. The molecule has 0 spiro atoms. The number of hydrogen-bond acceptors (Lipinski definition) is 16. The minimum atomic E-state index is -0.364. The Kier molecular flexibility index (Phi) is 23.7. The molecular formula is C38H37BBrN3O11S3. The van der Waals surface area contributed by atoms with Crippen LogP contribution in [0.4, 0.5) is 0 Å². The van der Waals surface area contributed by atoms with Crippen molar-refractivity contribution in [3.05, 3.63) is 122 Å². The van der Waals surface area contributed by atoms with Gasteiger partial charge in [0.15, 0.2) is 0 Å². The standard InChI is InChI=1S/C12H18BNO3.C10H9NOS.C9H7NOS.C4H3BrS.3CO2/c1-11(2)12(3,4)17-13(16-11)9-6-7-14-10(8-9)15-5;1-12-10-7-8(4-5-11-10)9-3-2-6-13-9;11-9-6-7(3-4-10-9)8-2-1-5-12-8;5-4-2-1-3-6-4;3*2-1-3/h6-8H,1-5H3;2-7H,1H3;1-6H,(H,10,11);1-3H;;;. The molecule has 298 valence electrons. The fraction of sp³-hybridized carbons (Fsp3) is 0.211. The maximum atomic E-state index is 10.9. The number of halogens is 1. The molecule has 0 saturated carbocycles. The van der Waals surface area contributed by atoms with Crippen LogP contribution in [0.1, 0.15) is 27.7 Å². The van der Waals surface area contributed by atoms with Gasteiger partial charge in [-0.2, -0.15) is 28.8 Å². The topological polar surface area (TPSA) is 198 Å². The Morgan fingerprint density at radius 3 is 1.53 bits per heavy atom. The number of H-pyrrole nitrogens is 1. The summed E-state index contributed by atoms with van der Waals surface area (Å²) >= 11 is 8.34. The second-order valence-electron chi connectivity index (χ2n) is 11.4. The van der Waals surface area contributed by atoms with E-state index in [2.05, 4.69) is 42.3 Å². The lowest BCUT2D eigenvalue weighted by Gasteiger charge is -2.32. The van der Waals surface area contributed by atoms with Gasteiger partial charge in [-0.1, -0.05) is 18.2 Å². The second kappa shape index (κ2) is 27.2. The Bertz CT molecular complexity index is 2120. The summed E-state index contributed by atoms with van der Waals surface area (Å²) in [5.74, 6) is 1.23. The Morgan fingerprint density at radius 1 is 0.667 bits per heavy atom. The Balaban J connectivity index is 0.000000366. The SMILES string of the molecule is Brc1cccs1.COc1cc(-c2cccs2)ccn1.COc1cc(B2OC(C)(C)C(C)(C)O2)ccn1.O=C=O.O=C=O.O=C=O.O=c1cc(-c2cccs2)cc[nH]1. The summed E-state index contributed by atoms with van der Waals surface area (Å²) in [5.41, 5.74) is 2.36. The van der Waals surface area contributed by atoms with Crippen LogP contribution in [0, 0.1) is 0 Å². The van der Waals surface area contributed by atoms with Crippen molar-refractivity contribution in [3.8, 4) is 32.6 Å². The van der Waals surface area contributed by atoms with E-state index in [4.69, 9.17) is 47.5 Å². The highest BCUT2D eigenvalue weighted by molar-refractivity contribution is 9.11. The fourth-order valence-corrected chi connectivity index (χ4v) is 6.45. The van der Waals surface area contributed by atoms with Crippen LogP contribution in [-0.4, -0.2) is 65.9 Å². The molecule has 0 aliphatic carbocycles. The smallest absolute Gasteiger partial charge is 0.481 e. The van der Waals surface area contributed by atoms with E-state index in [-0.39, 0.29) is 42.3 Å². The Labute approximate surface area is 349 Å². The maximum Gasteiger partial charge on any atom is 0.495 e. The van der Waals surface area contributed by atoms with Crippen LogP contribution in [-0.2, 0) is 38.1 Å². The van der Waals surface area contributed by atoms with Crippen molar-refractivity contribution in [2.45, 2.75) is 38.9 Å². The normalized spacial score (nSPS) is 12.2. The molecule has 0 aromatic carbocycles. The van der Waals surface area contributed by atoms with Crippen molar-refractivity contribution < 1.29 is 47.5 Å². The number of aromatic amines is 1. The predicted molar refractivity (Wildman–Crippen MR) is 218 cm³/mol. The summed E-state index contributed by atoms with van der Waals surface area (Å²) < 4.78 is 23.2. The van der Waals surface area contributed by atoms with E-state index in [0.29, 0.717) is 11.8 Å². The number of nitrogens with one attached hydrogen (secondary N) is 1. The van der Waals surface area contributed by atoms with E-state index < -0.39 is 0 Å². The van der Waals surface area contributed by atoms with Crippen molar-refractivity contribution in [1.82, 2.24) is 15.0 Å². The van der Waals surface area contributed by atoms with Gasteiger partial charge in [-0.15, -0.1) is 34.0 Å². The minimum Gasteiger partial charge on any atom is -0.481 e. The molecule has 6 aromatic heterocycles. The average Bonchev–Trinajstić information content (AvgIpc) is 4.04. The zero-order chi connectivity index (χ0) is 42.7. The van der Waals surface area contributed by atoms with Crippen LogP contribution in [0.2, 0.25) is 0 Å². The van der Waals surface area contributed by atoms with E-state index in [0.717, 1.165) is 21.5 Å². The van der Waals surface area contributed by atoms with Crippen LogP contribution >= 0.6 is 49.9 Å². The average molecular weight is 899 g/mol. The molecule has 7 rings (SSSR count). The molecule has 14 nitrogen and oxygen atoms in total. The highest BCUT2D eigenvalue weighted by atomic mass is 79.9. The van der Waals surface area contributed by atoms with Gasteiger partial charge in [-0.3, -0.25) is 4.79 Å². The molecule has 1 N–H and O–H groups in total. The van der Waals surface area contributed by atoms with Crippen molar-refractivity contribution in [2.24, 2.45) is 0 Å². The molecule has 7 heterocycles. The molecular weight excluding hydrogens is 861 g/mol. The van der Waals surface area contributed by atoms with Gasteiger partial charge in [0.1, 0.15) is 0 Å². The maximum absolute atomic E-state index is 10.9. The molecule has 1 aliphatic rings. The van der Waals surface area contributed by atoms with Crippen LogP contribution in [0.3, 0.4) is 0 Å². The van der Waals surface area contributed by atoms with Crippen LogP contribution in [0.15, 0.2) is 116 Å². The van der Waals surface area contributed by atoms with Crippen molar-refractivity contribution >= 4 is 81.0 Å². The summed E-state index contributed by atoms with van der Waals surface area (Å²) in [4.78, 5) is 72.7. The first-order valence-corrected chi connectivity index (χ1v) is 19.5. The number of carbonyl (C=O) groups excluding carboxylic acids is 6. The molecule has 0 amide bonds. The number of thiophene rings is 3. The summed E-state index contributed by atoms with van der Waals surface area (Å²) in [6.07, 6.45) is 5.87. The van der Waals surface area contributed by atoms with Gasteiger partial charge in [0.05, 0.1) is 29.2 Å². The number of hydrogen-bond donors (Lipinski definition) is 1. The molecule has 57 heavy (non-hydrogen) atoms. The fourth-order valence-electron chi connectivity index (χ4n) is 4.08. The first-order chi connectivity index (χ1) is 27.3. The number of rotatable bonds is 5. The number of nitrogens with zero attached hydrogens (tertiary/aromatic N) is 2. The zero-order valence-corrected chi connectivity index (χ0v) is 35.5. The summed E-state index contributed by atoms with van der Waals surface area (Å²) in [6, 6.07) is 23.2. The minimum absolute atomic E-state index is 0.0547. The molecule has 1 saturated heterocycles. The lowest BCUT2D eigenvalue weighted by Crippen LogP contribution is -2.41. The van der Waals surface area contributed by atoms with Crippen LogP contribution < -0.4 is 20.5 Å². The largest absolute Gasteiger partial charge is 0.495 e. The number of methoxy groups -OCH3 is 2. The van der Waals surface area contributed by atoms with E-state index in [1.807, 2.05) is 99.1 Å². The zero-order valence-electron chi connectivity index (χ0n) is 31.5. The van der Waals surface area contributed by atoms with E-state index in [1.165, 1.54) is 8.66 Å². The quantitative estimate of drug-likeness (QED) is 0.173. The van der Waals surface area contributed by atoms with Gasteiger partial charge in [-0.05, 0) is 113 Å². The van der Waals surface area contributed by atoms with Crippen LogP contribution in [0.25, 0.3) is 20.9 Å². The van der Waals surface area contributed by atoms with E-state index in [1.54, 1.807) is 72.9 Å². The lowest BCUT2D eigenvalue weighted by atomic mass is 9.80. The summed E-state index contributed by atoms with van der Waals surface area (Å²) in [7, 11) is 2.86. The third-order valence-electron chi connectivity index (χ3n) is 7.31. The van der Waals surface area contributed by atoms with Gasteiger partial charge in [0, 0.05) is 46.5 Å². The molecule has 0 radical (unpaired) electrons. The molecule has 19 heteroatoms. The van der Waals surface area contributed by atoms with Crippen molar-refractivity contribution in [1.29, 1.82) is 0 Å². The lowest BCUT2D eigenvalue weighted by molar-refractivity contribution is -0.193. The Hall–Kier alpha value is -5.45. The number of pyridine rings is 3. The number of aromatic nitrogens is 3. The third kappa shape index (κ3) is 18.4.